The average Bonchev–Trinajstić information content (AvgIpc) is 2.76. The van der Waals surface area contributed by atoms with Crippen molar-refractivity contribution in [2.75, 3.05) is 34.5 Å². The lowest BCUT2D eigenvalue weighted by Gasteiger charge is -2.19. The van der Waals surface area contributed by atoms with E-state index in [0.717, 1.165) is 0 Å². The number of carbonyl (C=O) groups excluding carboxylic acids is 1. The van der Waals surface area contributed by atoms with Gasteiger partial charge in [0, 0.05) is 26.7 Å². The molecule has 0 unspecified atom stereocenters. The van der Waals surface area contributed by atoms with Crippen LogP contribution in [-0.2, 0) is 19.6 Å². The van der Waals surface area contributed by atoms with Crippen LogP contribution in [0.1, 0.15) is 24.4 Å². The summed E-state index contributed by atoms with van der Waals surface area (Å²) in [6.45, 7) is 0.986. The first kappa shape index (κ1) is 23.7. The first-order valence-corrected chi connectivity index (χ1v) is 10.9. The van der Waals surface area contributed by atoms with E-state index in [1.165, 1.54) is 19.2 Å². The Labute approximate surface area is 177 Å². The molecule has 30 heavy (non-hydrogen) atoms. The molecule has 0 fully saturated rings. The lowest BCUT2D eigenvalue weighted by Crippen LogP contribution is -2.34. The first-order chi connectivity index (χ1) is 14.4. The van der Waals surface area contributed by atoms with Crippen LogP contribution in [0.2, 0.25) is 0 Å². The minimum absolute atomic E-state index is 0.0469. The summed E-state index contributed by atoms with van der Waals surface area (Å²) in [5.41, 5.74) is 0.653. The minimum Gasteiger partial charge on any atom is -0.497 e. The average molecular weight is 437 g/mol. The second-order valence-electron chi connectivity index (χ2n) is 6.52. The second kappa shape index (κ2) is 11.5. The van der Waals surface area contributed by atoms with Crippen molar-refractivity contribution in [1.82, 2.24) is 10.0 Å². The SMILES string of the molecule is COCCCNC(=O)C[C@@H](NS(=O)(=O)c1ccc(OC)cc1)c1ccc(OC)cc1. The smallest absolute Gasteiger partial charge is 0.241 e. The molecule has 0 heterocycles. The summed E-state index contributed by atoms with van der Waals surface area (Å²) in [5, 5.41) is 2.79. The molecule has 0 aliphatic heterocycles. The number of rotatable bonds is 12. The van der Waals surface area contributed by atoms with E-state index in [9.17, 15) is 13.2 Å². The van der Waals surface area contributed by atoms with Gasteiger partial charge in [-0.3, -0.25) is 4.79 Å². The number of sulfonamides is 1. The number of hydrogen-bond acceptors (Lipinski definition) is 6. The molecule has 0 saturated carbocycles. The highest BCUT2D eigenvalue weighted by Crippen LogP contribution is 2.24. The zero-order valence-corrected chi connectivity index (χ0v) is 18.2. The van der Waals surface area contributed by atoms with Crippen molar-refractivity contribution in [2.24, 2.45) is 0 Å². The molecule has 1 amide bonds. The summed E-state index contributed by atoms with van der Waals surface area (Å²) in [6.07, 6.45) is 0.627. The van der Waals surface area contributed by atoms with Gasteiger partial charge in [0.05, 0.1) is 25.2 Å². The highest BCUT2D eigenvalue weighted by molar-refractivity contribution is 7.89. The van der Waals surface area contributed by atoms with Crippen LogP contribution in [0.15, 0.2) is 53.4 Å². The maximum atomic E-state index is 12.9. The standard InChI is InChI=1S/C21H28N2O6S/c1-27-14-4-13-22-21(24)15-20(16-5-7-17(28-2)8-6-16)23-30(25,26)19-11-9-18(29-3)10-12-19/h5-12,20,23H,4,13-15H2,1-3H3,(H,22,24)/t20-/m1/s1. The van der Waals surface area contributed by atoms with Crippen molar-refractivity contribution < 1.29 is 27.4 Å². The monoisotopic (exact) mass is 436 g/mol. The van der Waals surface area contributed by atoms with E-state index in [2.05, 4.69) is 10.0 Å². The van der Waals surface area contributed by atoms with E-state index >= 15 is 0 Å². The summed E-state index contributed by atoms with van der Waals surface area (Å²) in [7, 11) is 0.787. The van der Waals surface area contributed by atoms with Crippen LogP contribution in [-0.4, -0.2) is 48.8 Å². The van der Waals surface area contributed by atoms with Crippen LogP contribution in [0.5, 0.6) is 11.5 Å². The number of amides is 1. The van der Waals surface area contributed by atoms with Crippen molar-refractivity contribution in [2.45, 2.75) is 23.8 Å². The number of carbonyl (C=O) groups is 1. The van der Waals surface area contributed by atoms with Gasteiger partial charge >= 0.3 is 0 Å². The Bertz CT molecular complexity index is 898. The van der Waals surface area contributed by atoms with Gasteiger partial charge in [-0.05, 0) is 48.4 Å². The lowest BCUT2D eigenvalue weighted by molar-refractivity contribution is -0.121. The molecular weight excluding hydrogens is 408 g/mol. The van der Waals surface area contributed by atoms with Gasteiger partial charge in [-0.25, -0.2) is 13.1 Å². The van der Waals surface area contributed by atoms with Gasteiger partial charge in [0.2, 0.25) is 15.9 Å². The second-order valence-corrected chi connectivity index (χ2v) is 8.24. The van der Waals surface area contributed by atoms with E-state index in [4.69, 9.17) is 14.2 Å². The van der Waals surface area contributed by atoms with E-state index in [-0.39, 0.29) is 17.2 Å². The van der Waals surface area contributed by atoms with Gasteiger partial charge in [0.1, 0.15) is 11.5 Å². The van der Waals surface area contributed by atoms with E-state index in [0.29, 0.717) is 36.6 Å². The Morgan fingerprint density at radius 2 is 1.50 bits per heavy atom. The molecule has 0 aliphatic carbocycles. The van der Waals surface area contributed by atoms with Gasteiger partial charge in [-0.2, -0.15) is 0 Å². The normalized spacial score (nSPS) is 12.2. The molecule has 8 nitrogen and oxygen atoms in total. The fraction of sp³-hybridized carbons (Fsp3) is 0.381. The predicted molar refractivity (Wildman–Crippen MR) is 113 cm³/mol. The Morgan fingerprint density at radius 3 is 2.03 bits per heavy atom. The van der Waals surface area contributed by atoms with Crippen LogP contribution < -0.4 is 19.5 Å². The Balaban J connectivity index is 2.19. The molecule has 0 saturated heterocycles. The van der Waals surface area contributed by atoms with Crippen LogP contribution in [0, 0.1) is 0 Å². The first-order valence-electron chi connectivity index (χ1n) is 9.45. The zero-order chi connectivity index (χ0) is 22.0. The number of hydrogen-bond donors (Lipinski definition) is 2. The Hall–Kier alpha value is -2.62. The van der Waals surface area contributed by atoms with Gasteiger partial charge in [0.15, 0.2) is 0 Å². The van der Waals surface area contributed by atoms with Crippen LogP contribution in [0.4, 0.5) is 0 Å². The highest BCUT2D eigenvalue weighted by Gasteiger charge is 2.24. The molecule has 1 atom stereocenters. The van der Waals surface area contributed by atoms with Gasteiger partial charge < -0.3 is 19.5 Å². The third kappa shape index (κ3) is 7.01. The molecule has 0 bridgehead atoms. The molecule has 2 rings (SSSR count). The van der Waals surface area contributed by atoms with Crippen molar-refractivity contribution in [3.8, 4) is 11.5 Å². The highest BCUT2D eigenvalue weighted by atomic mass is 32.2. The number of ether oxygens (including phenoxy) is 3. The molecule has 2 N–H and O–H groups in total. The lowest BCUT2D eigenvalue weighted by atomic mass is 10.0. The summed E-state index contributed by atoms with van der Waals surface area (Å²) in [6, 6.07) is 12.2. The molecule has 0 radical (unpaired) electrons. The van der Waals surface area contributed by atoms with Crippen molar-refractivity contribution >= 4 is 15.9 Å². The predicted octanol–water partition coefficient (Wildman–Crippen LogP) is 2.27. The van der Waals surface area contributed by atoms with Crippen LogP contribution in [0.3, 0.4) is 0 Å². The molecule has 0 aromatic heterocycles. The van der Waals surface area contributed by atoms with Gasteiger partial charge in [-0.1, -0.05) is 12.1 Å². The molecule has 164 valence electrons. The quantitative estimate of drug-likeness (QED) is 0.495. The molecule has 2 aromatic rings. The number of methoxy groups -OCH3 is 3. The van der Waals surface area contributed by atoms with Crippen LogP contribution >= 0.6 is 0 Å². The van der Waals surface area contributed by atoms with Crippen LogP contribution in [0.25, 0.3) is 0 Å². The van der Waals surface area contributed by atoms with Gasteiger partial charge in [0.25, 0.3) is 0 Å². The van der Waals surface area contributed by atoms with Crippen molar-refractivity contribution in [1.29, 1.82) is 0 Å². The van der Waals surface area contributed by atoms with Crippen molar-refractivity contribution in [3.63, 3.8) is 0 Å². The largest absolute Gasteiger partial charge is 0.497 e. The summed E-state index contributed by atoms with van der Waals surface area (Å²) < 4.78 is 43.6. The third-order valence-corrected chi connectivity index (χ3v) is 5.91. The van der Waals surface area contributed by atoms with Gasteiger partial charge in [-0.15, -0.1) is 0 Å². The third-order valence-electron chi connectivity index (χ3n) is 4.42. The summed E-state index contributed by atoms with van der Waals surface area (Å²) >= 11 is 0. The van der Waals surface area contributed by atoms with E-state index in [1.54, 1.807) is 50.6 Å². The summed E-state index contributed by atoms with van der Waals surface area (Å²) in [4.78, 5) is 12.5. The molecule has 0 spiro atoms. The number of benzene rings is 2. The number of nitrogens with one attached hydrogen (secondary N) is 2. The van der Waals surface area contributed by atoms with Crippen molar-refractivity contribution in [3.05, 3.63) is 54.1 Å². The topological polar surface area (TPSA) is 103 Å². The summed E-state index contributed by atoms with van der Waals surface area (Å²) in [5.74, 6) is 0.931. The maximum Gasteiger partial charge on any atom is 0.241 e. The molecule has 2 aromatic carbocycles. The molecule has 9 heteroatoms. The fourth-order valence-corrected chi connectivity index (χ4v) is 4.00. The van der Waals surface area contributed by atoms with E-state index < -0.39 is 16.1 Å². The maximum absolute atomic E-state index is 12.9. The Morgan fingerprint density at radius 1 is 0.933 bits per heavy atom. The van der Waals surface area contributed by atoms with E-state index in [1.807, 2.05) is 0 Å². The Kier molecular flexibility index (Phi) is 9.10. The fourth-order valence-electron chi connectivity index (χ4n) is 2.78. The zero-order valence-electron chi connectivity index (χ0n) is 17.4. The minimum atomic E-state index is -3.86. The molecule has 0 aliphatic rings. The molecular formula is C21H28N2O6S.